The molecule has 1 aromatic heterocycles. The lowest BCUT2D eigenvalue weighted by Crippen LogP contribution is -2.31. The molecule has 1 unspecified atom stereocenters. The second-order valence-corrected chi connectivity index (χ2v) is 7.67. The third kappa shape index (κ3) is 4.01. The second-order valence-electron chi connectivity index (χ2n) is 6.70. The molecule has 0 bridgehead atoms. The van der Waals surface area contributed by atoms with Gasteiger partial charge in [-0.05, 0) is 18.1 Å². The number of carbonyl (C=O) groups is 2. The molecule has 0 saturated carbocycles. The van der Waals surface area contributed by atoms with E-state index in [9.17, 15) is 9.59 Å². The van der Waals surface area contributed by atoms with Crippen molar-refractivity contribution in [3.8, 4) is 16.3 Å². The molecule has 1 N–H and O–H groups in total. The van der Waals surface area contributed by atoms with Gasteiger partial charge in [0.2, 0.25) is 16.9 Å². The van der Waals surface area contributed by atoms with E-state index < -0.39 is 0 Å². The van der Waals surface area contributed by atoms with Gasteiger partial charge in [-0.2, -0.15) is 0 Å². The molecule has 1 saturated heterocycles. The minimum atomic E-state index is -0.347. The molecular weight excluding hydrogens is 352 g/mol. The molecule has 0 spiro atoms. The number of ether oxygens (including phenoxy) is 1. The first kappa shape index (κ1) is 18.3. The Labute approximate surface area is 156 Å². The number of carbonyl (C=O) groups excluding carboxylic acids is 2. The topological polar surface area (TPSA) is 84.4 Å². The van der Waals surface area contributed by atoms with Gasteiger partial charge >= 0.3 is 0 Å². The predicted molar refractivity (Wildman–Crippen MR) is 100 cm³/mol. The molecule has 7 nitrogen and oxygen atoms in total. The average molecular weight is 374 g/mol. The van der Waals surface area contributed by atoms with Crippen molar-refractivity contribution in [1.82, 2.24) is 15.1 Å². The molecule has 3 rings (SSSR count). The zero-order chi connectivity index (χ0) is 18.7. The van der Waals surface area contributed by atoms with E-state index in [0.29, 0.717) is 34.9 Å². The largest absolute Gasteiger partial charge is 0.496 e. The molecular formula is C18H22N4O3S. The van der Waals surface area contributed by atoms with Gasteiger partial charge < -0.3 is 15.0 Å². The predicted octanol–water partition coefficient (Wildman–Crippen LogP) is 2.66. The van der Waals surface area contributed by atoms with E-state index in [-0.39, 0.29) is 24.2 Å². The summed E-state index contributed by atoms with van der Waals surface area (Å²) in [5, 5.41) is 12.1. The van der Waals surface area contributed by atoms with Crippen molar-refractivity contribution in [2.45, 2.75) is 20.3 Å². The van der Waals surface area contributed by atoms with Gasteiger partial charge in [0.25, 0.3) is 0 Å². The molecule has 1 atom stereocenters. The lowest BCUT2D eigenvalue weighted by molar-refractivity contribution is -0.128. The van der Waals surface area contributed by atoms with E-state index in [2.05, 4.69) is 29.4 Å². The first-order valence-electron chi connectivity index (χ1n) is 8.53. The van der Waals surface area contributed by atoms with E-state index in [4.69, 9.17) is 4.74 Å². The van der Waals surface area contributed by atoms with Gasteiger partial charge in [0, 0.05) is 19.5 Å². The van der Waals surface area contributed by atoms with E-state index in [0.717, 1.165) is 5.56 Å². The summed E-state index contributed by atoms with van der Waals surface area (Å²) in [7, 11) is 1.60. The minimum Gasteiger partial charge on any atom is -0.496 e. The highest BCUT2D eigenvalue weighted by Crippen LogP contribution is 2.33. The van der Waals surface area contributed by atoms with Crippen LogP contribution >= 0.6 is 11.3 Å². The highest BCUT2D eigenvalue weighted by Gasteiger charge is 2.34. The maximum Gasteiger partial charge on any atom is 0.231 e. The maximum absolute atomic E-state index is 12.5. The molecule has 2 aromatic rings. The number of amides is 2. The summed E-state index contributed by atoms with van der Waals surface area (Å²) in [4.78, 5) is 26.3. The molecule has 1 aliphatic rings. The van der Waals surface area contributed by atoms with Crippen LogP contribution in [0.25, 0.3) is 10.6 Å². The third-order valence-electron chi connectivity index (χ3n) is 4.16. The van der Waals surface area contributed by atoms with Gasteiger partial charge in [0.1, 0.15) is 5.75 Å². The van der Waals surface area contributed by atoms with E-state index in [1.54, 1.807) is 12.0 Å². The number of nitrogens with zero attached hydrogens (tertiary/aromatic N) is 3. The Kier molecular flexibility index (Phi) is 5.51. The number of para-hydroxylation sites is 1. The number of anilines is 1. The number of benzene rings is 1. The van der Waals surface area contributed by atoms with Crippen molar-refractivity contribution in [3.05, 3.63) is 24.3 Å². The van der Waals surface area contributed by atoms with Crippen LogP contribution in [0.4, 0.5) is 5.13 Å². The number of likely N-dealkylation sites (tertiary alicyclic amines) is 1. The van der Waals surface area contributed by atoms with Gasteiger partial charge in [-0.25, -0.2) is 0 Å². The number of aromatic nitrogens is 2. The Morgan fingerprint density at radius 2 is 2.15 bits per heavy atom. The van der Waals surface area contributed by atoms with Crippen LogP contribution < -0.4 is 10.1 Å². The summed E-state index contributed by atoms with van der Waals surface area (Å²) in [6.45, 7) is 5.25. The Morgan fingerprint density at radius 1 is 1.38 bits per heavy atom. The smallest absolute Gasteiger partial charge is 0.231 e. The average Bonchev–Trinajstić information content (AvgIpc) is 3.21. The molecule has 138 valence electrons. The second kappa shape index (κ2) is 7.82. The fourth-order valence-corrected chi connectivity index (χ4v) is 3.75. The van der Waals surface area contributed by atoms with Gasteiger partial charge in [0.05, 0.1) is 18.6 Å². The summed E-state index contributed by atoms with van der Waals surface area (Å²) in [6.07, 6.45) is 0.247. The summed E-state index contributed by atoms with van der Waals surface area (Å²) in [5.41, 5.74) is 0.826. The molecule has 1 aromatic carbocycles. The van der Waals surface area contributed by atoms with Crippen molar-refractivity contribution in [2.75, 3.05) is 25.5 Å². The third-order valence-corrected chi connectivity index (χ3v) is 5.04. The van der Waals surface area contributed by atoms with Crippen molar-refractivity contribution in [2.24, 2.45) is 11.8 Å². The van der Waals surface area contributed by atoms with Crippen molar-refractivity contribution < 1.29 is 14.3 Å². The molecule has 1 aliphatic heterocycles. The zero-order valence-corrected chi connectivity index (χ0v) is 15.9. The van der Waals surface area contributed by atoms with Crippen LogP contribution in [-0.4, -0.2) is 47.1 Å². The van der Waals surface area contributed by atoms with Gasteiger partial charge in [0.15, 0.2) is 5.01 Å². The molecule has 1 fully saturated rings. The molecule has 26 heavy (non-hydrogen) atoms. The molecule has 0 aliphatic carbocycles. The van der Waals surface area contributed by atoms with Crippen LogP contribution in [-0.2, 0) is 9.59 Å². The SMILES string of the molecule is COc1ccccc1-c1nnc(NC(=O)C2CC(=O)N(CC(C)C)C2)s1. The fourth-order valence-electron chi connectivity index (χ4n) is 2.98. The van der Waals surface area contributed by atoms with Crippen LogP contribution in [0.3, 0.4) is 0 Å². The van der Waals surface area contributed by atoms with Crippen LogP contribution in [0, 0.1) is 11.8 Å². The maximum atomic E-state index is 12.5. The Hall–Kier alpha value is -2.48. The van der Waals surface area contributed by atoms with Gasteiger partial charge in [-0.15, -0.1) is 10.2 Å². The first-order valence-corrected chi connectivity index (χ1v) is 9.35. The summed E-state index contributed by atoms with van der Waals surface area (Å²) < 4.78 is 5.34. The van der Waals surface area contributed by atoms with E-state index in [1.807, 2.05) is 24.3 Å². The summed E-state index contributed by atoms with van der Waals surface area (Å²) in [6, 6.07) is 7.52. The highest BCUT2D eigenvalue weighted by molar-refractivity contribution is 7.18. The first-order chi connectivity index (χ1) is 12.5. The minimum absolute atomic E-state index is 0.0332. The highest BCUT2D eigenvalue weighted by atomic mass is 32.1. The number of nitrogens with one attached hydrogen (secondary N) is 1. The lowest BCUT2D eigenvalue weighted by Gasteiger charge is -2.18. The fraction of sp³-hybridized carbons (Fsp3) is 0.444. The number of hydrogen-bond acceptors (Lipinski definition) is 6. The van der Waals surface area contributed by atoms with E-state index >= 15 is 0 Å². The van der Waals surface area contributed by atoms with Crippen LogP contribution in [0.15, 0.2) is 24.3 Å². The standard InChI is InChI=1S/C18H22N4O3S/c1-11(2)9-22-10-12(8-15(22)23)16(24)19-18-21-20-17(26-18)13-6-4-5-7-14(13)25-3/h4-7,11-12H,8-10H2,1-3H3,(H,19,21,24). The molecule has 2 amide bonds. The normalized spacial score (nSPS) is 17.0. The van der Waals surface area contributed by atoms with E-state index in [1.165, 1.54) is 11.3 Å². The van der Waals surface area contributed by atoms with Crippen molar-refractivity contribution in [3.63, 3.8) is 0 Å². The number of methoxy groups -OCH3 is 1. The molecule has 2 heterocycles. The van der Waals surface area contributed by atoms with Gasteiger partial charge in [-0.3, -0.25) is 9.59 Å². The number of hydrogen-bond donors (Lipinski definition) is 1. The quantitative estimate of drug-likeness (QED) is 0.840. The van der Waals surface area contributed by atoms with Crippen molar-refractivity contribution >= 4 is 28.3 Å². The Morgan fingerprint density at radius 3 is 2.88 bits per heavy atom. The monoisotopic (exact) mass is 374 g/mol. The lowest BCUT2D eigenvalue weighted by atomic mass is 10.1. The zero-order valence-electron chi connectivity index (χ0n) is 15.1. The molecule has 8 heteroatoms. The van der Waals surface area contributed by atoms with Crippen LogP contribution in [0.1, 0.15) is 20.3 Å². The van der Waals surface area contributed by atoms with Crippen LogP contribution in [0.2, 0.25) is 0 Å². The summed E-state index contributed by atoms with van der Waals surface area (Å²) >= 11 is 1.28. The molecule has 0 radical (unpaired) electrons. The summed E-state index contributed by atoms with van der Waals surface area (Å²) in [5.74, 6) is 0.581. The Balaban J connectivity index is 1.66. The number of rotatable bonds is 6. The van der Waals surface area contributed by atoms with Crippen LogP contribution in [0.5, 0.6) is 5.75 Å². The Bertz CT molecular complexity index is 805. The van der Waals surface area contributed by atoms with Gasteiger partial charge in [-0.1, -0.05) is 37.3 Å². The van der Waals surface area contributed by atoms with Crippen molar-refractivity contribution in [1.29, 1.82) is 0 Å².